The van der Waals surface area contributed by atoms with Gasteiger partial charge < -0.3 is 9.88 Å². The Labute approximate surface area is 175 Å². The first kappa shape index (κ1) is 20.1. The van der Waals surface area contributed by atoms with Crippen LogP contribution in [0.2, 0.25) is 0 Å². The standard InChI is InChI=1S/C21H21N5O3S/c22-10-17-6-7-21-18(8-17)12-26(30(27,28)29)20(9-16-4-2-1-3-5-16)14-25(21)13-19-11-23-15-24-19/h1-8,11,15,20H,9,12-14H2,(H,23,24)(H,27,28,29)/t20-/m1/s1. The second-order valence-corrected chi connectivity index (χ2v) is 8.64. The molecule has 0 fully saturated rings. The molecule has 0 radical (unpaired) electrons. The van der Waals surface area contributed by atoms with Crippen molar-refractivity contribution < 1.29 is 13.0 Å². The number of hydrogen-bond acceptors (Lipinski definition) is 5. The zero-order valence-corrected chi connectivity index (χ0v) is 17.0. The minimum absolute atomic E-state index is 0.0132. The van der Waals surface area contributed by atoms with E-state index in [0.29, 0.717) is 30.6 Å². The maximum absolute atomic E-state index is 12.3. The van der Waals surface area contributed by atoms with Crippen LogP contribution in [-0.4, -0.2) is 39.8 Å². The molecule has 0 saturated carbocycles. The third kappa shape index (κ3) is 4.36. The molecule has 0 bridgehead atoms. The molecule has 0 aliphatic carbocycles. The van der Waals surface area contributed by atoms with Crippen molar-refractivity contribution in [2.45, 2.75) is 25.6 Å². The largest absolute Gasteiger partial charge is 0.364 e. The van der Waals surface area contributed by atoms with Crippen LogP contribution in [0.1, 0.15) is 22.4 Å². The van der Waals surface area contributed by atoms with Crippen molar-refractivity contribution in [2.75, 3.05) is 11.4 Å². The molecule has 9 heteroatoms. The average molecular weight is 423 g/mol. The molecule has 1 aliphatic rings. The van der Waals surface area contributed by atoms with Crippen LogP contribution in [0, 0.1) is 11.3 Å². The zero-order valence-electron chi connectivity index (χ0n) is 16.1. The number of rotatable bonds is 5. The van der Waals surface area contributed by atoms with Crippen molar-refractivity contribution in [3.63, 3.8) is 0 Å². The SMILES string of the molecule is N#Cc1ccc2c(c1)CN(S(=O)(=O)O)[C@H](Cc1ccccc1)CN2Cc1cnc[nH]1. The van der Waals surface area contributed by atoms with E-state index in [4.69, 9.17) is 0 Å². The molecule has 8 nitrogen and oxygen atoms in total. The summed E-state index contributed by atoms with van der Waals surface area (Å²) in [4.78, 5) is 9.20. The Hall–Kier alpha value is -3.19. The Balaban J connectivity index is 1.77. The average Bonchev–Trinajstić information content (AvgIpc) is 3.18. The minimum Gasteiger partial charge on any atom is -0.364 e. The van der Waals surface area contributed by atoms with Crippen molar-refractivity contribution in [1.29, 1.82) is 5.26 Å². The molecule has 2 heterocycles. The zero-order chi connectivity index (χ0) is 21.1. The number of aromatic nitrogens is 2. The lowest BCUT2D eigenvalue weighted by molar-refractivity contribution is 0.283. The number of aromatic amines is 1. The highest BCUT2D eigenvalue weighted by atomic mass is 32.2. The lowest BCUT2D eigenvalue weighted by atomic mass is 10.1. The summed E-state index contributed by atoms with van der Waals surface area (Å²) in [6.45, 7) is 0.844. The lowest BCUT2D eigenvalue weighted by Gasteiger charge is -2.30. The fourth-order valence-corrected chi connectivity index (χ4v) is 4.70. The van der Waals surface area contributed by atoms with E-state index in [2.05, 4.69) is 20.9 Å². The summed E-state index contributed by atoms with van der Waals surface area (Å²) in [6.07, 6.45) is 3.76. The van der Waals surface area contributed by atoms with Crippen molar-refractivity contribution in [2.24, 2.45) is 0 Å². The van der Waals surface area contributed by atoms with Gasteiger partial charge in [-0.25, -0.2) is 4.98 Å². The van der Waals surface area contributed by atoms with Gasteiger partial charge in [0, 0.05) is 31.0 Å². The van der Waals surface area contributed by atoms with Crippen molar-refractivity contribution in [1.82, 2.24) is 14.3 Å². The Morgan fingerprint density at radius 3 is 2.70 bits per heavy atom. The molecule has 1 atom stereocenters. The Morgan fingerprint density at radius 2 is 2.03 bits per heavy atom. The number of nitrogens with zero attached hydrogens (tertiary/aromatic N) is 4. The summed E-state index contributed by atoms with van der Waals surface area (Å²) >= 11 is 0. The molecule has 0 spiro atoms. The van der Waals surface area contributed by atoms with Crippen LogP contribution >= 0.6 is 0 Å². The quantitative estimate of drug-likeness (QED) is 0.610. The summed E-state index contributed by atoms with van der Waals surface area (Å²) in [5.74, 6) is 0. The second kappa shape index (κ2) is 8.28. The molecule has 2 N–H and O–H groups in total. The first-order chi connectivity index (χ1) is 14.4. The van der Waals surface area contributed by atoms with Gasteiger partial charge in [-0.3, -0.25) is 4.55 Å². The molecule has 30 heavy (non-hydrogen) atoms. The smallest absolute Gasteiger partial charge is 0.336 e. The van der Waals surface area contributed by atoms with Crippen LogP contribution in [0.5, 0.6) is 0 Å². The van der Waals surface area contributed by atoms with Gasteiger partial charge in [0.05, 0.1) is 30.2 Å². The number of fused-ring (bicyclic) bond motifs is 1. The highest BCUT2D eigenvalue weighted by Crippen LogP contribution is 2.31. The van der Waals surface area contributed by atoms with E-state index in [1.54, 1.807) is 24.7 Å². The number of H-pyrrole nitrogens is 1. The van der Waals surface area contributed by atoms with E-state index < -0.39 is 16.3 Å². The maximum atomic E-state index is 12.3. The first-order valence-corrected chi connectivity index (χ1v) is 10.9. The Bertz CT molecular complexity index is 1160. The van der Waals surface area contributed by atoms with Gasteiger partial charge in [0.15, 0.2) is 0 Å². The van der Waals surface area contributed by atoms with Crippen LogP contribution in [0.15, 0.2) is 61.1 Å². The molecule has 0 amide bonds. The lowest BCUT2D eigenvalue weighted by Crippen LogP contribution is -2.45. The Kier molecular flexibility index (Phi) is 5.55. The van der Waals surface area contributed by atoms with E-state index in [9.17, 15) is 18.2 Å². The summed E-state index contributed by atoms with van der Waals surface area (Å²) < 4.78 is 35.7. The predicted molar refractivity (Wildman–Crippen MR) is 112 cm³/mol. The molecule has 0 saturated heterocycles. The molecule has 2 aromatic carbocycles. The molecule has 4 rings (SSSR count). The fourth-order valence-electron chi connectivity index (χ4n) is 3.88. The normalized spacial score (nSPS) is 17.2. The number of nitriles is 1. The number of nitrogens with one attached hydrogen (secondary N) is 1. The molecular formula is C21H21N5O3S. The van der Waals surface area contributed by atoms with E-state index in [-0.39, 0.29) is 6.54 Å². The van der Waals surface area contributed by atoms with Crippen LogP contribution in [-0.2, 0) is 29.8 Å². The highest BCUT2D eigenvalue weighted by Gasteiger charge is 2.34. The van der Waals surface area contributed by atoms with Gasteiger partial charge in [-0.15, -0.1) is 0 Å². The second-order valence-electron chi connectivity index (χ2n) is 7.28. The van der Waals surface area contributed by atoms with Crippen molar-refractivity contribution in [3.8, 4) is 6.07 Å². The van der Waals surface area contributed by atoms with Gasteiger partial charge in [0.25, 0.3) is 0 Å². The van der Waals surface area contributed by atoms with Crippen LogP contribution in [0.4, 0.5) is 5.69 Å². The minimum atomic E-state index is -4.46. The topological polar surface area (TPSA) is 113 Å². The van der Waals surface area contributed by atoms with Gasteiger partial charge in [0.1, 0.15) is 0 Å². The van der Waals surface area contributed by atoms with Crippen molar-refractivity contribution >= 4 is 16.0 Å². The summed E-state index contributed by atoms with van der Waals surface area (Å²) in [6, 6.07) is 16.4. The van der Waals surface area contributed by atoms with E-state index in [1.165, 1.54) is 0 Å². The van der Waals surface area contributed by atoms with Gasteiger partial charge >= 0.3 is 10.3 Å². The number of hydrogen-bond donors (Lipinski definition) is 2. The van der Waals surface area contributed by atoms with Gasteiger partial charge in [-0.1, -0.05) is 30.3 Å². The maximum Gasteiger partial charge on any atom is 0.336 e. The van der Waals surface area contributed by atoms with Gasteiger partial charge in [-0.05, 0) is 35.7 Å². The third-order valence-corrected chi connectivity index (χ3v) is 6.26. The molecular weight excluding hydrogens is 402 g/mol. The monoisotopic (exact) mass is 423 g/mol. The summed E-state index contributed by atoms with van der Waals surface area (Å²) in [5, 5.41) is 9.30. The molecule has 0 unspecified atom stereocenters. The van der Waals surface area contributed by atoms with Crippen molar-refractivity contribution in [3.05, 3.63) is 83.4 Å². The Morgan fingerprint density at radius 1 is 1.23 bits per heavy atom. The summed E-state index contributed by atoms with van der Waals surface area (Å²) in [7, 11) is -4.46. The van der Waals surface area contributed by atoms with Crippen LogP contribution in [0.25, 0.3) is 0 Å². The van der Waals surface area contributed by atoms with E-state index >= 15 is 0 Å². The predicted octanol–water partition coefficient (Wildman–Crippen LogP) is 2.52. The molecule has 3 aromatic rings. The van der Waals surface area contributed by atoms with Gasteiger partial charge in [0.2, 0.25) is 0 Å². The third-order valence-electron chi connectivity index (χ3n) is 5.24. The molecule has 1 aromatic heterocycles. The van der Waals surface area contributed by atoms with Crippen LogP contribution < -0.4 is 4.90 Å². The molecule has 1 aliphatic heterocycles. The highest BCUT2D eigenvalue weighted by molar-refractivity contribution is 7.83. The van der Waals surface area contributed by atoms with E-state index in [1.807, 2.05) is 36.4 Å². The van der Waals surface area contributed by atoms with Gasteiger partial charge in [-0.2, -0.15) is 18.0 Å². The fraction of sp³-hybridized carbons (Fsp3) is 0.238. The first-order valence-electron chi connectivity index (χ1n) is 9.47. The summed E-state index contributed by atoms with van der Waals surface area (Å²) in [5.41, 5.74) is 3.78. The number of benzene rings is 2. The molecule has 154 valence electrons. The number of imidazole rings is 1. The number of anilines is 1. The van der Waals surface area contributed by atoms with E-state index in [0.717, 1.165) is 21.2 Å². The van der Waals surface area contributed by atoms with Crippen LogP contribution in [0.3, 0.4) is 0 Å².